The van der Waals surface area contributed by atoms with Gasteiger partial charge in [-0.15, -0.1) is 0 Å². The third kappa shape index (κ3) is 10.8. The van der Waals surface area contributed by atoms with E-state index in [9.17, 15) is 31.1 Å². The molecule has 146 valence electrons. The fourth-order valence-corrected chi connectivity index (χ4v) is 1.87. The fraction of sp³-hybridized carbons (Fsp3) is 0.417. The molecule has 1 aromatic heterocycles. The molecule has 0 unspecified atom stereocenters. The van der Waals surface area contributed by atoms with Gasteiger partial charge in [-0.05, 0) is 36.3 Å². The second-order valence-corrected chi connectivity index (χ2v) is 5.67. The number of carbonyl (C=O) groups excluding carboxylic acids is 1. The molecule has 26 heavy (non-hydrogen) atoms. The molecular formula is C12H12F6N4O2S2. The van der Waals surface area contributed by atoms with E-state index in [1.54, 1.807) is 0 Å². The monoisotopic (exact) mass is 422 g/mol. The minimum absolute atomic E-state index is 0.00498. The van der Waals surface area contributed by atoms with Crippen LogP contribution in [0.2, 0.25) is 0 Å². The van der Waals surface area contributed by atoms with Crippen LogP contribution in [0.4, 0.5) is 37.0 Å². The SMILES string of the molecule is O=C(NSCC(F)(F)F)Nc1cccc(COC(=S)NCC(F)(F)F)n1. The van der Waals surface area contributed by atoms with Gasteiger partial charge < -0.3 is 10.1 Å². The molecule has 0 saturated carbocycles. The van der Waals surface area contributed by atoms with E-state index in [0.717, 1.165) is 0 Å². The van der Waals surface area contributed by atoms with Crippen LogP contribution in [0.25, 0.3) is 0 Å². The Kier molecular flexibility index (Phi) is 8.20. The van der Waals surface area contributed by atoms with Crippen LogP contribution >= 0.6 is 24.2 Å². The van der Waals surface area contributed by atoms with Gasteiger partial charge in [-0.25, -0.2) is 9.78 Å². The van der Waals surface area contributed by atoms with Crippen molar-refractivity contribution in [3.63, 3.8) is 0 Å². The summed E-state index contributed by atoms with van der Waals surface area (Å²) in [5.41, 5.74) is 0.224. The molecule has 14 heteroatoms. The maximum atomic E-state index is 12.0. The van der Waals surface area contributed by atoms with E-state index in [1.165, 1.54) is 18.2 Å². The zero-order valence-corrected chi connectivity index (χ0v) is 14.3. The normalized spacial score (nSPS) is 11.6. The topological polar surface area (TPSA) is 75.3 Å². The Morgan fingerprint density at radius 2 is 1.88 bits per heavy atom. The quantitative estimate of drug-likeness (QED) is 0.371. The lowest BCUT2D eigenvalue weighted by atomic mass is 10.3. The van der Waals surface area contributed by atoms with Gasteiger partial charge in [0.1, 0.15) is 24.7 Å². The molecular weight excluding hydrogens is 410 g/mol. The number of hydrogen-bond acceptors (Lipinski definition) is 5. The van der Waals surface area contributed by atoms with Gasteiger partial charge in [-0.3, -0.25) is 10.0 Å². The Bertz CT molecular complexity index is 626. The Balaban J connectivity index is 2.42. The lowest BCUT2D eigenvalue weighted by molar-refractivity contribution is -0.122. The van der Waals surface area contributed by atoms with Crippen LogP contribution in [0.5, 0.6) is 0 Å². The maximum Gasteiger partial charge on any atom is 0.405 e. The highest BCUT2D eigenvalue weighted by Gasteiger charge is 2.28. The van der Waals surface area contributed by atoms with Crippen LogP contribution in [0.15, 0.2) is 18.2 Å². The molecule has 1 aromatic rings. The van der Waals surface area contributed by atoms with Gasteiger partial charge in [0.05, 0.1) is 5.69 Å². The first-order valence-corrected chi connectivity index (χ1v) is 8.03. The maximum absolute atomic E-state index is 12.0. The summed E-state index contributed by atoms with van der Waals surface area (Å²) in [5, 5.41) is 3.57. The zero-order valence-electron chi connectivity index (χ0n) is 12.7. The van der Waals surface area contributed by atoms with Crippen molar-refractivity contribution in [2.75, 3.05) is 17.6 Å². The second kappa shape index (κ2) is 9.66. The Morgan fingerprint density at radius 1 is 1.19 bits per heavy atom. The number of alkyl halides is 6. The summed E-state index contributed by atoms with van der Waals surface area (Å²) in [6.45, 7) is -1.62. The number of aromatic nitrogens is 1. The number of pyridine rings is 1. The van der Waals surface area contributed by atoms with Gasteiger partial charge in [0.25, 0.3) is 5.17 Å². The number of urea groups is 1. The summed E-state index contributed by atoms with van der Waals surface area (Å²) < 4.78 is 78.7. The third-order valence-corrected chi connectivity index (χ3v) is 3.30. The Morgan fingerprint density at radius 3 is 2.50 bits per heavy atom. The van der Waals surface area contributed by atoms with Crippen molar-refractivity contribution >= 4 is 41.2 Å². The van der Waals surface area contributed by atoms with Gasteiger partial charge in [0.2, 0.25) is 0 Å². The zero-order chi connectivity index (χ0) is 19.8. The van der Waals surface area contributed by atoms with Crippen molar-refractivity contribution in [3.8, 4) is 0 Å². The van der Waals surface area contributed by atoms with Crippen LogP contribution in [0.1, 0.15) is 5.69 Å². The van der Waals surface area contributed by atoms with Crippen molar-refractivity contribution in [2.45, 2.75) is 19.0 Å². The molecule has 3 N–H and O–H groups in total. The first kappa shape index (κ1) is 22.1. The molecule has 1 heterocycles. The molecule has 0 spiro atoms. The molecule has 0 bridgehead atoms. The summed E-state index contributed by atoms with van der Waals surface area (Å²) in [6, 6.07) is 3.34. The molecule has 0 fully saturated rings. The molecule has 0 saturated heterocycles. The fourth-order valence-electron chi connectivity index (χ4n) is 1.32. The number of ether oxygens (including phenoxy) is 1. The smallest absolute Gasteiger partial charge is 0.405 e. The van der Waals surface area contributed by atoms with Crippen molar-refractivity contribution in [1.29, 1.82) is 0 Å². The minimum atomic E-state index is -4.45. The number of thiocarbonyl (C=S) groups is 1. The standard InChI is InChI=1S/C12H12F6N4O2S2/c13-11(14,15)5-19-10(25)24-4-7-2-1-3-8(20-7)21-9(23)22-26-6-12(16,17)18/h1-3H,4-6H2,(H,19,25)(H2,20,21,22,23). The highest BCUT2D eigenvalue weighted by Crippen LogP contribution is 2.19. The summed E-state index contributed by atoms with van der Waals surface area (Å²) >= 11 is 4.72. The van der Waals surface area contributed by atoms with E-state index >= 15 is 0 Å². The molecule has 0 aliphatic heterocycles. The molecule has 0 atom stereocenters. The molecule has 2 amide bonds. The largest absolute Gasteiger partial charge is 0.465 e. The molecule has 0 aliphatic carbocycles. The van der Waals surface area contributed by atoms with E-state index in [-0.39, 0.29) is 30.1 Å². The molecule has 1 rings (SSSR count). The average Bonchev–Trinajstić information content (AvgIpc) is 2.49. The van der Waals surface area contributed by atoms with Gasteiger partial charge in [0, 0.05) is 0 Å². The number of hydrogen-bond donors (Lipinski definition) is 3. The highest BCUT2D eigenvalue weighted by atomic mass is 32.2. The second-order valence-electron chi connectivity index (χ2n) is 4.52. The number of anilines is 1. The molecule has 0 aromatic carbocycles. The molecule has 0 radical (unpaired) electrons. The van der Waals surface area contributed by atoms with Crippen LogP contribution in [0, 0.1) is 0 Å². The molecule has 0 aliphatic rings. The predicted octanol–water partition coefficient (Wildman–Crippen LogP) is 3.37. The number of carbonyl (C=O) groups is 1. The Labute approximate surface area is 153 Å². The van der Waals surface area contributed by atoms with Gasteiger partial charge in [0.15, 0.2) is 0 Å². The van der Waals surface area contributed by atoms with Crippen LogP contribution < -0.4 is 15.4 Å². The van der Waals surface area contributed by atoms with Crippen LogP contribution in [-0.4, -0.2) is 40.8 Å². The number of nitrogens with one attached hydrogen (secondary N) is 3. The van der Waals surface area contributed by atoms with E-state index in [1.807, 2.05) is 10.0 Å². The van der Waals surface area contributed by atoms with E-state index in [2.05, 4.69) is 22.5 Å². The van der Waals surface area contributed by atoms with Crippen molar-refractivity contribution in [3.05, 3.63) is 23.9 Å². The number of halogens is 6. The van der Waals surface area contributed by atoms with E-state index in [0.29, 0.717) is 0 Å². The number of rotatable bonds is 6. The highest BCUT2D eigenvalue weighted by molar-refractivity contribution is 7.98. The van der Waals surface area contributed by atoms with E-state index in [4.69, 9.17) is 4.74 Å². The minimum Gasteiger partial charge on any atom is -0.465 e. The lowest BCUT2D eigenvalue weighted by Gasteiger charge is -2.12. The van der Waals surface area contributed by atoms with Crippen LogP contribution in [0.3, 0.4) is 0 Å². The van der Waals surface area contributed by atoms with Gasteiger partial charge in [-0.2, -0.15) is 26.3 Å². The average molecular weight is 422 g/mol. The summed E-state index contributed by atoms with van der Waals surface area (Å²) in [4.78, 5) is 15.3. The summed E-state index contributed by atoms with van der Waals surface area (Å²) in [6.07, 6.45) is -8.88. The first-order valence-electron chi connectivity index (χ1n) is 6.63. The third-order valence-electron chi connectivity index (χ3n) is 2.23. The van der Waals surface area contributed by atoms with Crippen molar-refractivity contribution < 1.29 is 35.9 Å². The first-order chi connectivity index (χ1) is 11.9. The Hall–Kier alpha value is -1.96. The summed E-state index contributed by atoms with van der Waals surface area (Å²) in [7, 11) is 0. The summed E-state index contributed by atoms with van der Waals surface area (Å²) in [5.74, 6) is -1.25. The molecule has 6 nitrogen and oxygen atoms in total. The number of nitrogens with zero attached hydrogens (tertiary/aromatic N) is 1. The predicted molar refractivity (Wildman–Crippen MR) is 86.3 cm³/mol. The van der Waals surface area contributed by atoms with E-state index < -0.39 is 35.9 Å². The van der Waals surface area contributed by atoms with Gasteiger partial charge >= 0.3 is 18.4 Å². The van der Waals surface area contributed by atoms with Crippen molar-refractivity contribution in [2.24, 2.45) is 0 Å². The lowest BCUT2D eigenvalue weighted by Crippen LogP contribution is -2.33. The van der Waals surface area contributed by atoms with Gasteiger partial charge in [-0.1, -0.05) is 6.07 Å². The number of amides is 2. The van der Waals surface area contributed by atoms with Crippen LogP contribution in [-0.2, 0) is 11.3 Å². The van der Waals surface area contributed by atoms with Crippen molar-refractivity contribution in [1.82, 2.24) is 15.0 Å².